The van der Waals surface area contributed by atoms with Gasteiger partial charge in [-0.1, -0.05) is 20.8 Å². The monoisotopic (exact) mass is 378 g/mol. The Hall–Kier alpha value is -2.44. The lowest BCUT2D eigenvalue weighted by Crippen LogP contribution is -2.47. The number of piperidine rings is 1. The lowest BCUT2D eigenvalue weighted by molar-refractivity contribution is -0.143. The molecule has 27 heavy (non-hydrogen) atoms. The smallest absolute Gasteiger partial charge is 0.321 e. The van der Waals surface area contributed by atoms with Gasteiger partial charge in [0.25, 0.3) is 0 Å². The van der Waals surface area contributed by atoms with Crippen molar-refractivity contribution in [2.75, 3.05) is 31.6 Å². The molecule has 0 aliphatic carbocycles. The quantitative estimate of drug-likeness (QED) is 0.717. The summed E-state index contributed by atoms with van der Waals surface area (Å²) in [5.41, 5.74) is 0.597. The zero-order valence-corrected chi connectivity index (χ0v) is 16.4. The third-order valence-corrected chi connectivity index (χ3v) is 4.41. The number of carboxylic acids is 1. The molecule has 1 aromatic carbocycles. The van der Waals surface area contributed by atoms with Gasteiger partial charge >= 0.3 is 12.0 Å². The van der Waals surface area contributed by atoms with Crippen LogP contribution in [0, 0.1) is 11.8 Å². The molecule has 150 valence electrons. The van der Waals surface area contributed by atoms with Crippen molar-refractivity contribution in [2.24, 2.45) is 11.8 Å². The summed E-state index contributed by atoms with van der Waals surface area (Å²) in [5.74, 6) is 0.0259. The predicted octanol–water partition coefficient (Wildman–Crippen LogP) is 3.84. The average Bonchev–Trinajstić information content (AvgIpc) is 2.64. The van der Waals surface area contributed by atoms with Crippen molar-refractivity contribution in [3.63, 3.8) is 0 Å². The highest BCUT2D eigenvalue weighted by molar-refractivity contribution is 5.90. The molecule has 1 aliphatic heterocycles. The van der Waals surface area contributed by atoms with Crippen molar-refractivity contribution >= 4 is 17.7 Å². The van der Waals surface area contributed by atoms with Gasteiger partial charge in [0.1, 0.15) is 0 Å². The van der Waals surface area contributed by atoms with Crippen LogP contribution in [0.15, 0.2) is 18.2 Å². The number of hydrogen-bond acceptors (Lipinski definition) is 4. The second kappa shape index (κ2) is 10.0. The zero-order chi connectivity index (χ0) is 19.8. The molecule has 1 fully saturated rings. The first-order valence-electron chi connectivity index (χ1n) is 9.62. The van der Waals surface area contributed by atoms with Crippen LogP contribution in [0.25, 0.3) is 0 Å². The highest BCUT2D eigenvalue weighted by Gasteiger charge is 2.32. The average molecular weight is 378 g/mol. The first-order valence-corrected chi connectivity index (χ1v) is 9.62. The van der Waals surface area contributed by atoms with Gasteiger partial charge in [0.2, 0.25) is 0 Å². The van der Waals surface area contributed by atoms with Gasteiger partial charge < -0.3 is 24.8 Å². The van der Waals surface area contributed by atoms with Crippen LogP contribution in [-0.4, -0.2) is 48.3 Å². The van der Waals surface area contributed by atoms with Crippen LogP contribution in [0.4, 0.5) is 10.5 Å². The molecule has 0 bridgehead atoms. The fraction of sp³-hybridized carbons (Fsp3) is 0.600. The summed E-state index contributed by atoms with van der Waals surface area (Å²) in [4.78, 5) is 25.5. The first-order chi connectivity index (χ1) is 12.9. The highest BCUT2D eigenvalue weighted by Crippen LogP contribution is 2.31. The van der Waals surface area contributed by atoms with Crippen molar-refractivity contribution in [3.05, 3.63) is 18.2 Å². The van der Waals surface area contributed by atoms with E-state index >= 15 is 0 Å². The molecule has 1 aromatic rings. The summed E-state index contributed by atoms with van der Waals surface area (Å²) in [6, 6.07) is 5.01. The normalized spacial score (nSPS) is 19.4. The standard InChI is InChI=1S/C20H30N2O5/c1-4-8-26-17-7-6-16(11-18(17)27-9-5-2)21-20(25)22-12-14(3)10-15(13-22)19(23)24/h6-7,11,14-15H,4-5,8-10,12-13H2,1-3H3,(H,21,25)(H,23,24). The lowest BCUT2D eigenvalue weighted by Gasteiger charge is -2.34. The maximum Gasteiger partial charge on any atom is 0.321 e. The van der Waals surface area contributed by atoms with Crippen LogP contribution in [0.2, 0.25) is 0 Å². The molecule has 7 nitrogen and oxygen atoms in total. The fourth-order valence-electron chi connectivity index (χ4n) is 3.14. The summed E-state index contributed by atoms with van der Waals surface area (Å²) < 4.78 is 11.4. The van der Waals surface area contributed by atoms with Gasteiger partial charge in [-0.2, -0.15) is 0 Å². The largest absolute Gasteiger partial charge is 0.490 e. The third kappa shape index (κ3) is 6.05. The molecule has 2 N–H and O–H groups in total. The minimum atomic E-state index is -0.855. The molecule has 2 amide bonds. The zero-order valence-electron chi connectivity index (χ0n) is 16.4. The van der Waals surface area contributed by atoms with Gasteiger partial charge in [0.15, 0.2) is 11.5 Å². The van der Waals surface area contributed by atoms with Gasteiger partial charge in [-0.15, -0.1) is 0 Å². The molecule has 0 spiro atoms. The number of likely N-dealkylation sites (tertiary alicyclic amines) is 1. The Labute approximate surface area is 160 Å². The molecule has 1 heterocycles. The number of urea groups is 1. The number of rotatable bonds is 8. The number of amides is 2. The summed E-state index contributed by atoms with van der Waals surface area (Å²) in [5, 5.41) is 12.1. The maximum atomic E-state index is 12.6. The highest BCUT2D eigenvalue weighted by atomic mass is 16.5. The molecule has 7 heteroatoms. The predicted molar refractivity (Wildman–Crippen MR) is 104 cm³/mol. The topological polar surface area (TPSA) is 88.1 Å². The van der Waals surface area contributed by atoms with E-state index in [4.69, 9.17) is 9.47 Å². The molecule has 2 atom stereocenters. The van der Waals surface area contributed by atoms with Crippen molar-refractivity contribution < 1.29 is 24.2 Å². The number of carbonyl (C=O) groups excluding carboxylic acids is 1. The Morgan fingerprint density at radius 3 is 2.44 bits per heavy atom. The van der Waals surface area contributed by atoms with Gasteiger partial charge in [-0.05, 0) is 37.3 Å². The summed E-state index contributed by atoms with van der Waals surface area (Å²) in [6.45, 7) is 7.95. The van der Waals surface area contributed by atoms with Crippen molar-refractivity contribution in [1.29, 1.82) is 0 Å². The van der Waals surface area contributed by atoms with E-state index in [9.17, 15) is 14.7 Å². The van der Waals surface area contributed by atoms with E-state index in [-0.39, 0.29) is 18.5 Å². The van der Waals surface area contributed by atoms with Crippen LogP contribution < -0.4 is 14.8 Å². The Balaban J connectivity index is 2.08. The van der Waals surface area contributed by atoms with E-state index in [0.29, 0.717) is 43.4 Å². The number of nitrogens with zero attached hydrogens (tertiary/aromatic N) is 1. The second-order valence-electron chi connectivity index (χ2n) is 7.07. The number of hydrogen-bond donors (Lipinski definition) is 2. The molecule has 0 radical (unpaired) electrons. The molecule has 1 aliphatic rings. The minimum Gasteiger partial charge on any atom is -0.490 e. The van der Waals surface area contributed by atoms with E-state index in [1.807, 2.05) is 20.8 Å². The van der Waals surface area contributed by atoms with Crippen molar-refractivity contribution in [1.82, 2.24) is 4.90 Å². The first kappa shape index (κ1) is 20.9. The van der Waals surface area contributed by atoms with Gasteiger partial charge in [-0.25, -0.2) is 4.79 Å². The van der Waals surface area contributed by atoms with Crippen LogP contribution in [0.5, 0.6) is 11.5 Å². The van der Waals surface area contributed by atoms with E-state index < -0.39 is 11.9 Å². The number of nitrogens with one attached hydrogen (secondary N) is 1. The Bertz CT molecular complexity index is 649. The number of anilines is 1. The molecule has 2 rings (SSSR count). The number of aliphatic carboxylic acids is 1. The van der Waals surface area contributed by atoms with Crippen LogP contribution in [0.3, 0.4) is 0 Å². The number of carboxylic acid groups (broad SMARTS) is 1. The summed E-state index contributed by atoms with van der Waals surface area (Å²) in [6.07, 6.45) is 2.35. The summed E-state index contributed by atoms with van der Waals surface area (Å²) >= 11 is 0. The number of benzene rings is 1. The SMILES string of the molecule is CCCOc1ccc(NC(=O)N2CC(C)CC(C(=O)O)C2)cc1OCCC. The Morgan fingerprint density at radius 2 is 1.81 bits per heavy atom. The molecule has 0 aromatic heterocycles. The van der Waals surface area contributed by atoms with E-state index in [0.717, 1.165) is 12.8 Å². The van der Waals surface area contributed by atoms with Crippen LogP contribution >= 0.6 is 0 Å². The Morgan fingerprint density at radius 1 is 1.15 bits per heavy atom. The third-order valence-electron chi connectivity index (χ3n) is 4.41. The number of carbonyl (C=O) groups is 2. The van der Waals surface area contributed by atoms with E-state index in [2.05, 4.69) is 5.32 Å². The van der Waals surface area contributed by atoms with Crippen molar-refractivity contribution in [2.45, 2.75) is 40.0 Å². The Kier molecular flexibility index (Phi) is 7.76. The van der Waals surface area contributed by atoms with Gasteiger partial charge in [-0.3, -0.25) is 4.79 Å². The molecule has 2 unspecified atom stereocenters. The maximum absolute atomic E-state index is 12.6. The lowest BCUT2D eigenvalue weighted by atomic mass is 9.91. The molecule has 0 saturated carbocycles. The fourth-order valence-corrected chi connectivity index (χ4v) is 3.14. The van der Waals surface area contributed by atoms with E-state index in [1.54, 1.807) is 23.1 Å². The van der Waals surface area contributed by atoms with Crippen LogP contribution in [-0.2, 0) is 4.79 Å². The van der Waals surface area contributed by atoms with Crippen LogP contribution in [0.1, 0.15) is 40.0 Å². The second-order valence-corrected chi connectivity index (χ2v) is 7.07. The van der Waals surface area contributed by atoms with Crippen molar-refractivity contribution in [3.8, 4) is 11.5 Å². The van der Waals surface area contributed by atoms with E-state index in [1.165, 1.54) is 0 Å². The van der Waals surface area contributed by atoms with Gasteiger partial charge in [0, 0.05) is 24.8 Å². The molecular weight excluding hydrogens is 348 g/mol. The molecular formula is C20H30N2O5. The summed E-state index contributed by atoms with van der Waals surface area (Å²) in [7, 11) is 0. The van der Waals surface area contributed by atoms with Gasteiger partial charge in [0.05, 0.1) is 19.1 Å². The molecule has 1 saturated heterocycles. The minimum absolute atomic E-state index is 0.152. The number of ether oxygens (including phenoxy) is 2.